The molecule has 1 heterocycles. The van der Waals surface area contributed by atoms with Crippen LogP contribution in [0, 0.1) is 0 Å². The smallest absolute Gasteiger partial charge is 0.325 e. The molecule has 7 heteroatoms. The second kappa shape index (κ2) is 6.04. The van der Waals surface area contributed by atoms with Gasteiger partial charge in [0.1, 0.15) is 12.2 Å². The van der Waals surface area contributed by atoms with Crippen molar-refractivity contribution in [2.75, 3.05) is 18.9 Å². The molecule has 7 nitrogen and oxygen atoms in total. The Morgan fingerprint density at radius 1 is 1.44 bits per heavy atom. The summed E-state index contributed by atoms with van der Waals surface area (Å²) in [4.78, 5) is 23.0. The second-order valence-electron chi connectivity index (χ2n) is 3.67. The minimum Gasteiger partial charge on any atom is -0.465 e. The van der Waals surface area contributed by atoms with Crippen molar-refractivity contribution < 1.29 is 14.3 Å². The molecule has 0 atom stereocenters. The fourth-order valence-electron chi connectivity index (χ4n) is 1.57. The third-order valence-electron chi connectivity index (χ3n) is 2.41. The molecular formula is C11H18N4O3. The Balaban J connectivity index is 2.73. The van der Waals surface area contributed by atoms with Gasteiger partial charge < -0.3 is 15.8 Å². The topological polar surface area (TPSA) is 99.2 Å². The van der Waals surface area contributed by atoms with Crippen LogP contribution in [0.25, 0.3) is 0 Å². The van der Waals surface area contributed by atoms with E-state index in [-0.39, 0.29) is 18.8 Å². The number of amides is 1. The molecule has 0 aliphatic rings. The number of hydrogen-bond donors (Lipinski definition) is 2. The zero-order chi connectivity index (χ0) is 13.7. The lowest BCUT2D eigenvalue weighted by Gasteiger charge is -2.05. The maximum atomic E-state index is 11.9. The van der Waals surface area contributed by atoms with Crippen LogP contribution in [-0.2, 0) is 23.0 Å². The molecule has 0 fully saturated rings. The number of hydrogen-bond acceptors (Lipinski definition) is 5. The summed E-state index contributed by atoms with van der Waals surface area (Å²) < 4.78 is 6.12. The standard InChI is InChI=1S/C11H18N4O3/c1-4-7-9(12)10(15(3)14-7)11(17)13-6-8(16)18-5-2/h4-6,12H2,1-3H3,(H,13,17). The molecule has 1 aromatic rings. The van der Waals surface area contributed by atoms with Gasteiger partial charge in [0.2, 0.25) is 0 Å². The number of esters is 1. The van der Waals surface area contributed by atoms with E-state index in [9.17, 15) is 9.59 Å². The molecule has 3 N–H and O–H groups in total. The Kier molecular flexibility index (Phi) is 4.70. The first-order chi connectivity index (χ1) is 8.51. The van der Waals surface area contributed by atoms with Gasteiger partial charge in [-0.1, -0.05) is 6.92 Å². The van der Waals surface area contributed by atoms with E-state index in [4.69, 9.17) is 10.5 Å². The minimum absolute atomic E-state index is 0.182. The molecule has 0 aliphatic heterocycles. The van der Waals surface area contributed by atoms with Crippen molar-refractivity contribution in [2.45, 2.75) is 20.3 Å². The maximum Gasteiger partial charge on any atom is 0.325 e. The first kappa shape index (κ1) is 14.0. The maximum absolute atomic E-state index is 11.9. The zero-order valence-corrected chi connectivity index (χ0v) is 10.8. The number of nitrogens with two attached hydrogens (primary N) is 1. The van der Waals surface area contributed by atoms with E-state index in [1.807, 2.05) is 6.92 Å². The van der Waals surface area contributed by atoms with Gasteiger partial charge >= 0.3 is 5.97 Å². The summed E-state index contributed by atoms with van der Waals surface area (Å²) in [6.45, 7) is 3.70. The molecule has 0 aliphatic carbocycles. The number of nitrogens with one attached hydrogen (secondary N) is 1. The van der Waals surface area contributed by atoms with E-state index >= 15 is 0 Å². The predicted molar refractivity (Wildman–Crippen MR) is 66.0 cm³/mol. The van der Waals surface area contributed by atoms with Crippen LogP contribution < -0.4 is 11.1 Å². The van der Waals surface area contributed by atoms with Crippen molar-refractivity contribution in [1.29, 1.82) is 0 Å². The summed E-state index contributed by atoms with van der Waals surface area (Å²) in [7, 11) is 1.63. The average molecular weight is 254 g/mol. The van der Waals surface area contributed by atoms with Crippen molar-refractivity contribution in [3.63, 3.8) is 0 Å². The fourth-order valence-corrected chi connectivity index (χ4v) is 1.57. The van der Waals surface area contributed by atoms with Gasteiger partial charge in [-0.3, -0.25) is 14.3 Å². The molecule has 0 saturated heterocycles. The quantitative estimate of drug-likeness (QED) is 0.712. The van der Waals surface area contributed by atoms with Crippen LogP contribution in [0.4, 0.5) is 5.69 Å². The number of ether oxygens (including phenoxy) is 1. The van der Waals surface area contributed by atoms with Crippen LogP contribution in [0.1, 0.15) is 30.0 Å². The summed E-state index contributed by atoms with van der Waals surface area (Å²) in [5, 5.41) is 6.58. The van der Waals surface area contributed by atoms with E-state index in [2.05, 4.69) is 10.4 Å². The molecule has 18 heavy (non-hydrogen) atoms. The lowest BCUT2D eigenvalue weighted by atomic mass is 10.2. The lowest BCUT2D eigenvalue weighted by molar-refractivity contribution is -0.141. The van der Waals surface area contributed by atoms with Crippen molar-refractivity contribution >= 4 is 17.6 Å². The molecule has 0 aromatic carbocycles. The molecular weight excluding hydrogens is 236 g/mol. The molecule has 0 bridgehead atoms. The molecule has 0 saturated carbocycles. The van der Waals surface area contributed by atoms with Crippen LogP contribution in [0.2, 0.25) is 0 Å². The molecule has 0 unspecified atom stereocenters. The number of aromatic nitrogens is 2. The Morgan fingerprint density at radius 2 is 2.11 bits per heavy atom. The van der Waals surface area contributed by atoms with Crippen molar-refractivity contribution in [2.24, 2.45) is 7.05 Å². The first-order valence-corrected chi connectivity index (χ1v) is 5.76. The minimum atomic E-state index is -0.484. The van der Waals surface area contributed by atoms with Gasteiger partial charge in [-0.25, -0.2) is 0 Å². The monoisotopic (exact) mass is 254 g/mol. The van der Waals surface area contributed by atoms with Crippen LogP contribution >= 0.6 is 0 Å². The van der Waals surface area contributed by atoms with Crippen LogP contribution in [0.3, 0.4) is 0 Å². The van der Waals surface area contributed by atoms with E-state index in [0.717, 1.165) is 0 Å². The third kappa shape index (κ3) is 2.99. The largest absolute Gasteiger partial charge is 0.465 e. The van der Waals surface area contributed by atoms with E-state index < -0.39 is 11.9 Å². The summed E-state index contributed by atoms with van der Waals surface area (Å²) in [6, 6.07) is 0. The molecule has 0 spiro atoms. The highest BCUT2D eigenvalue weighted by atomic mass is 16.5. The number of carbonyl (C=O) groups is 2. The second-order valence-corrected chi connectivity index (χ2v) is 3.67. The molecule has 100 valence electrons. The summed E-state index contributed by atoms with van der Waals surface area (Å²) >= 11 is 0. The molecule has 1 rings (SSSR count). The summed E-state index contributed by atoms with van der Waals surface area (Å²) in [5.74, 6) is -0.919. The molecule has 1 aromatic heterocycles. The van der Waals surface area contributed by atoms with Crippen molar-refractivity contribution in [3.8, 4) is 0 Å². The number of anilines is 1. The Labute approximate surface area is 105 Å². The Morgan fingerprint density at radius 3 is 2.61 bits per heavy atom. The zero-order valence-electron chi connectivity index (χ0n) is 10.8. The van der Waals surface area contributed by atoms with E-state index in [1.165, 1.54) is 4.68 Å². The number of rotatable bonds is 5. The number of nitrogens with zero attached hydrogens (tertiary/aromatic N) is 2. The number of carbonyl (C=O) groups excluding carboxylic acids is 2. The molecule has 1 amide bonds. The van der Waals surface area contributed by atoms with E-state index in [1.54, 1.807) is 14.0 Å². The van der Waals surface area contributed by atoms with Crippen LogP contribution in [-0.4, -0.2) is 34.8 Å². The Bertz CT molecular complexity index is 453. The normalized spacial score (nSPS) is 10.2. The summed E-state index contributed by atoms with van der Waals surface area (Å²) in [6.07, 6.45) is 0.644. The Hall–Kier alpha value is -2.05. The number of nitrogen functional groups attached to an aromatic ring is 1. The fraction of sp³-hybridized carbons (Fsp3) is 0.545. The van der Waals surface area contributed by atoms with Crippen LogP contribution in [0.5, 0.6) is 0 Å². The highest BCUT2D eigenvalue weighted by Crippen LogP contribution is 2.16. The van der Waals surface area contributed by atoms with Gasteiger partial charge in [0.05, 0.1) is 18.0 Å². The summed E-state index contributed by atoms with van der Waals surface area (Å²) in [5.41, 5.74) is 7.09. The SMILES string of the molecule is CCOC(=O)CNC(=O)c1c(N)c(CC)nn1C. The van der Waals surface area contributed by atoms with Gasteiger partial charge in [-0.2, -0.15) is 5.10 Å². The van der Waals surface area contributed by atoms with Gasteiger partial charge in [-0.15, -0.1) is 0 Å². The highest BCUT2D eigenvalue weighted by Gasteiger charge is 2.19. The lowest BCUT2D eigenvalue weighted by Crippen LogP contribution is -2.32. The average Bonchev–Trinajstić information content (AvgIpc) is 2.61. The molecule has 0 radical (unpaired) electrons. The highest BCUT2D eigenvalue weighted by molar-refractivity contribution is 5.99. The van der Waals surface area contributed by atoms with Gasteiger partial charge in [0, 0.05) is 7.05 Å². The van der Waals surface area contributed by atoms with Gasteiger partial charge in [0.25, 0.3) is 5.91 Å². The van der Waals surface area contributed by atoms with Crippen LogP contribution in [0.15, 0.2) is 0 Å². The van der Waals surface area contributed by atoms with Gasteiger partial charge in [0.15, 0.2) is 0 Å². The van der Waals surface area contributed by atoms with Gasteiger partial charge in [-0.05, 0) is 13.3 Å². The first-order valence-electron chi connectivity index (χ1n) is 5.76. The van der Waals surface area contributed by atoms with E-state index in [0.29, 0.717) is 17.8 Å². The number of aryl methyl sites for hydroxylation is 2. The van der Waals surface area contributed by atoms with Crippen molar-refractivity contribution in [3.05, 3.63) is 11.4 Å². The van der Waals surface area contributed by atoms with Crippen molar-refractivity contribution in [1.82, 2.24) is 15.1 Å². The predicted octanol–water partition coefficient (Wildman–Crippen LogP) is -0.142. The third-order valence-corrected chi connectivity index (χ3v) is 2.41.